The normalized spacial score (nSPS) is 21.1. The number of hydrogen-bond donors (Lipinski definition) is 1. The first-order valence-electron chi connectivity index (χ1n) is 8.18. The average Bonchev–Trinajstić information content (AvgIpc) is 2.48. The number of likely N-dealkylation sites (tertiary alicyclic amines) is 1. The fourth-order valence-corrected chi connectivity index (χ4v) is 3.40. The molecule has 1 fully saturated rings. The highest BCUT2D eigenvalue weighted by Gasteiger charge is 2.28. The van der Waals surface area contributed by atoms with Gasteiger partial charge in [-0.1, -0.05) is 44.0 Å². The Labute approximate surface area is 128 Å². The molecule has 1 N–H and O–H groups in total. The van der Waals surface area contributed by atoms with Crippen molar-refractivity contribution in [2.75, 3.05) is 6.54 Å². The van der Waals surface area contributed by atoms with E-state index < -0.39 is 5.97 Å². The Morgan fingerprint density at radius 3 is 2.67 bits per heavy atom. The predicted molar refractivity (Wildman–Crippen MR) is 85.4 cm³/mol. The maximum absolute atomic E-state index is 11.1. The molecule has 116 valence electrons. The maximum atomic E-state index is 11.1. The van der Waals surface area contributed by atoms with Crippen LogP contribution in [0, 0.1) is 0 Å². The van der Waals surface area contributed by atoms with E-state index in [1.165, 1.54) is 24.0 Å². The van der Waals surface area contributed by atoms with Gasteiger partial charge in [0.2, 0.25) is 0 Å². The van der Waals surface area contributed by atoms with Crippen molar-refractivity contribution in [2.45, 2.75) is 64.5 Å². The standard InChI is InChI=1S/C18H27NO2/c1-3-6-15-8-10-16(11-9-15)14(2)19-12-5-4-7-17(19)13-18(20)21/h8-11,14,17H,3-7,12-13H2,1-2H3,(H,20,21). The number of benzene rings is 1. The van der Waals surface area contributed by atoms with Gasteiger partial charge < -0.3 is 5.11 Å². The van der Waals surface area contributed by atoms with E-state index in [1.54, 1.807) is 0 Å². The van der Waals surface area contributed by atoms with E-state index in [4.69, 9.17) is 5.11 Å². The molecule has 0 aromatic heterocycles. The van der Waals surface area contributed by atoms with Crippen LogP contribution >= 0.6 is 0 Å². The van der Waals surface area contributed by atoms with Gasteiger partial charge in [0.25, 0.3) is 0 Å². The van der Waals surface area contributed by atoms with Crippen molar-refractivity contribution in [3.63, 3.8) is 0 Å². The summed E-state index contributed by atoms with van der Waals surface area (Å²) in [6.07, 6.45) is 5.88. The van der Waals surface area contributed by atoms with Crippen molar-refractivity contribution in [3.05, 3.63) is 35.4 Å². The first kappa shape index (κ1) is 16.0. The summed E-state index contributed by atoms with van der Waals surface area (Å²) >= 11 is 0. The molecular weight excluding hydrogens is 262 g/mol. The van der Waals surface area contributed by atoms with Crippen LogP contribution in [0.5, 0.6) is 0 Å². The second-order valence-electron chi connectivity index (χ2n) is 6.15. The number of nitrogens with zero attached hydrogens (tertiary/aromatic N) is 1. The van der Waals surface area contributed by atoms with Crippen molar-refractivity contribution in [1.82, 2.24) is 4.90 Å². The summed E-state index contributed by atoms with van der Waals surface area (Å²) in [5.74, 6) is -0.683. The van der Waals surface area contributed by atoms with Gasteiger partial charge in [-0.25, -0.2) is 0 Å². The zero-order chi connectivity index (χ0) is 15.2. The van der Waals surface area contributed by atoms with Crippen LogP contribution in [-0.4, -0.2) is 28.6 Å². The topological polar surface area (TPSA) is 40.5 Å². The third kappa shape index (κ3) is 4.31. The lowest BCUT2D eigenvalue weighted by atomic mass is 9.94. The molecule has 0 amide bonds. The van der Waals surface area contributed by atoms with Gasteiger partial charge in [-0.05, 0) is 43.9 Å². The van der Waals surface area contributed by atoms with Gasteiger partial charge in [-0.15, -0.1) is 0 Å². The minimum Gasteiger partial charge on any atom is -0.481 e. The summed E-state index contributed by atoms with van der Waals surface area (Å²) in [4.78, 5) is 13.4. The lowest BCUT2D eigenvalue weighted by Crippen LogP contribution is -2.42. The molecule has 1 saturated heterocycles. The van der Waals surface area contributed by atoms with Gasteiger partial charge in [0.15, 0.2) is 0 Å². The van der Waals surface area contributed by atoms with Gasteiger partial charge >= 0.3 is 5.97 Å². The van der Waals surface area contributed by atoms with Crippen LogP contribution in [0.2, 0.25) is 0 Å². The molecule has 1 aliphatic rings. The van der Waals surface area contributed by atoms with E-state index in [-0.39, 0.29) is 12.5 Å². The van der Waals surface area contributed by atoms with Crippen molar-refractivity contribution in [1.29, 1.82) is 0 Å². The first-order chi connectivity index (χ1) is 10.1. The molecule has 1 aromatic carbocycles. The summed E-state index contributed by atoms with van der Waals surface area (Å²) in [6, 6.07) is 9.33. The second-order valence-corrected chi connectivity index (χ2v) is 6.15. The molecule has 21 heavy (non-hydrogen) atoms. The third-order valence-electron chi connectivity index (χ3n) is 4.58. The minimum absolute atomic E-state index is 0.182. The summed E-state index contributed by atoms with van der Waals surface area (Å²) in [6.45, 7) is 5.41. The van der Waals surface area contributed by atoms with Crippen LogP contribution in [0.25, 0.3) is 0 Å². The van der Waals surface area contributed by atoms with Gasteiger partial charge in [0.05, 0.1) is 6.42 Å². The Kier molecular flexibility index (Phi) is 5.80. The Morgan fingerprint density at radius 2 is 2.05 bits per heavy atom. The van der Waals surface area contributed by atoms with Gasteiger partial charge in [-0.2, -0.15) is 0 Å². The number of aryl methyl sites for hydroxylation is 1. The Morgan fingerprint density at radius 1 is 1.33 bits per heavy atom. The number of carbonyl (C=O) groups is 1. The highest BCUT2D eigenvalue weighted by atomic mass is 16.4. The van der Waals surface area contributed by atoms with Gasteiger partial charge in [0, 0.05) is 12.1 Å². The van der Waals surface area contributed by atoms with Gasteiger partial charge in [0.1, 0.15) is 0 Å². The number of carboxylic acid groups (broad SMARTS) is 1. The van der Waals surface area contributed by atoms with Crippen LogP contribution in [-0.2, 0) is 11.2 Å². The molecule has 0 aliphatic carbocycles. The number of aliphatic carboxylic acids is 1. The van der Waals surface area contributed by atoms with Crippen molar-refractivity contribution in [2.24, 2.45) is 0 Å². The van der Waals surface area contributed by atoms with Crippen LogP contribution in [0.1, 0.15) is 63.1 Å². The molecule has 0 radical (unpaired) electrons. The van der Waals surface area contributed by atoms with Crippen molar-refractivity contribution >= 4 is 5.97 Å². The van der Waals surface area contributed by atoms with E-state index in [1.807, 2.05) is 0 Å². The lowest BCUT2D eigenvalue weighted by Gasteiger charge is -2.39. The molecule has 0 spiro atoms. The van der Waals surface area contributed by atoms with Crippen LogP contribution in [0.15, 0.2) is 24.3 Å². The molecule has 1 aliphatic heterocycles. The molecule has 0 saturated carbocycles. The average molecular weight is 289 g/mol. The summed E-state index contributed by atoms with van der Waals surface area (Å²) in [7, 11) is 0. The number of carboxylic acids is 1. The predicted octanol–water partition coefficient (Wildman–Crippen LogP) is 4.03. The molecule has 0 bridgehead atoms. The van der Waals surface area contributed by atoms with E-state index >= 15 is 0 Å². The van der Waals surface area contributed by atoms with E-state index in [9.17, 15) is 4.79 Å². The highest BCUT2D eigenvalue weighted by molar-refractivity contribution is 5.67. The molecule has 2 atom stereocenters. The molecule has 1 heterocycles. The van der Waals surface area contributed by atoms with Crippen LogP contribution in [0.3, 0.4) is 0 Å². The number of piperidine rings is 1. The quantitative estimate of drug-likeness (QED) is 0.859. The maximum Gasteiger partial charge on any atom is 0.304 e. The monoisotopic (exact) mass is 289 g/mol. The molecule has 2 rings (SSSR count). The zero-order valence-electron chi connectivity index (χ0n) is 13.2. The van der Waals surface area contributed by atoms with Gasteiger partial charge in [-0.3, -0.25) is 9.69 Å². The lowest BCUT2D eigenvalue weighted by molar-refractivity contribution is -0.139. The zero-order valence-corrected chi connectivity index (χ0v) is 13.2. The highest BCUT2D eigenvalue weighted by Crippen LogP contribution is 2.30. The van der Waals surface area contributed by atoms with Crippen molar-refractivity contribution in [3.8, 4) is 0 Å². The van der Waals surface area contributed by atoms with E-state index in [0.29, 0.717) is 6.04 Å². The largest absolute Gasteiger partial charge is 0.481 e. The smallest absolute Gasteiger partial charge is 0.304 e. The molecule has 3 nitrogen and oxygen atoms in total. The summed E-state index contributed by atoms with van der Waals surface area (Å²) in [5, 5.41) is 9.10. The Hall–Kier alpha value is -1.35. The Bertz CT molecular complexity index is 455. The van der Waals surface area contributed by atoms with E-state index in [2.05, 4.69) is 43.0 Å². The molecule has 1 aromatic rings. The SMILES string of the molecule is CCCc1ccc(C(C)N2CCCCC2CC(=O)O)cc1. The minimum atomic E-state index is -0.683. The number of hydrogen-bond acceptors (Lipinski definition) is 2. The van der Waals surface area contributed by atoms with Crippen LogP contribution in [0.4, 0.5) is 0 Å². The molecule has 2 unspecified atom stereocenters. The second kappa shape index (κ2) is 7.60. The van der Waals surface area contributed by atoms with Crippen LogP contribution < -0.4 is 0 Å². The number of rotatable bonds is 6. The third-order valence-corrected chi connectivity index (χ3v) is 4.58. The Balaban J connectivity index is 2.08. The van der Waals surface area contributed by atoms with E-state index in [0.717, 1.165) is 25.8 Å². The van der Waals surface area contributed by atoms with Crippen molar-refractivity contribution < 1.29 is 9.90 Å². The summed E-state index contributed by atoms with van der Waals surface area (Å²) in [5.41, 5.74) is 2.68. The molecule has 3 heteroatoms. The fraction of sp³-hybridized carbons (Fsp3) is 0.611. The first-order valence-corrected chi connectivity index (χ1v) is 8.18. The fourth-order valence-electron chi connectivity index (χ4n) is 3.40. The molecular formula is C18H27NO2. The summed E-state index contributed by atoms with van der Waals surface area (Å²) < 4.78 is 0.